The van der Waals surface area contributed by atoms with Crippen LogP contribution in [0, 0.1) is 4.91 Å². The molecule has 1 aliphatic rings. The van der Waals surface area contributed by atoms with E-state index in [-0.39, 0.29) is 5.56 Å². The zero-order chi connectivity index (χ0) is 13.0. The molecule has 0 amide bonds. The van der Waals surface area contributed by atoms with Gasteiger partial charge in [0.05, 0.1) is 17.4 Å². The van der Waals surface area contributed by atoms with Crippen molar-refractivity contribution in [3.63, 3.8) is 0 Å². The summed E-state index contributed by atoms with van der Waals surface area (Å²) >= 11 is 0. The molecule has 18 heavy (non-hydrogen) atoms. The van der Waals surface area contributed by atoms with Crippen molar-refractivity contribution >= 4 is 11.8 Å². The average molecular weight is 250 g/mol. The quantitative estimate of drug-likeness (QED) is 0.804. The smallest absolute Gasteiger partial charge is 0.337 e. The molecule has 1 aromatic rings. The fourth-order valence-electron chi connectivity index (χ4n) is 1.91. The largest absolute Gasteiger partial charge is 0.478 e. The molecule has 2 rings (SSSR count). The van der Waals surface area contributed by atoms with E-state index in [1.165, 1.54) is 17.3 Å². The molecule has 1 fully saturated rings. The number of rotatable bonds is 3. The summed E-state index contributed by atoms with van der Waals surface area (Å²) in [5.74, 6) is -0.256. The zero-order valence-corrected chi connectivity index (χ0v) is 9.82. The second kappa shape index (κ2) is 5.44. The molecule has 7 heteroatoms. The van der Waals surface area contributed by atoms with E-state index in [2.05, 4.69) is 10.3 Å². The maximum absolute atomic E-state index is 10.7. The summed E-state index contributed by atoms with van der Waals surface area (Å²) in [6.45, 7) is 2.65. The molecule has 0 spiro atoms. The lowest BCUT2D eigenvalue weighted by Gasteiger charge is -2.21. The number of pyridine rings is 1. The minimum atomic E-state index is -0.985. The molecule has 1 saturated heterocycles. The number of carboxylic acids is 1. The Labute approximate surface area is 104 Å². The van der Waals surface area contributed by atoms with Gasteiger partial charge in [-0.3, -0.25) is 5.01 Å². The fraction of sp³-hybridized carbons (Fsp3) is 0.455. The number of aromatic nitrogens is 1. The average Bonchev–Trinajstić information content (AvgIpc) is 2.64. The Morgan fingerprint density at radius 1 is 1.28 bits per heavy atom. The molecular formula is C11H14N4O3. The Morgan fingerprint density at radius 2 is 2.11 bits per heavy atom. The van der Waals surface area contributed by atoms with Crippen molar-refractivity contribution < 1.29 is 9.90 Å². The van der Waals surface area contributed by atoms with E-state index in [1.807, 2.05) is 4.90 Å². The van der Waals surface area contributed by atoms with Crippen molar-refractivity contribution in [1.29, 1.82) is 0 Å². The van der Waals surface area contributed by atoms with E-state index in [1.54, 1.807) is 6.07 Å². The van der Waals surface area contributed by atoms with Gasteiger partial charge in [0.2, 0.25) is 0 Å². The van der Waals surface area contributed by atoms with Crippen LogP contribution in [0.2, 0.25) is 0 Å². The van der Waals surface area contributed by atoms with Gasteiger partial charge in [0.25, 0.3) is 0 Å². The number of aromatic carboxylic acids is 1. The Bertz CT molecular complexity index is 434. The summed E-state index contributed by atoms with van der Waals surface area (Å²) in [5.41, 5.74) is 0.171. The van der Waals surface area contributed by atoms with Gasteiger partial charge in [-0.25, -0.2) is 9.78 Å². The molecule has 0 aliphatic carbocycles. The maximum Gasteiger partial charge on any atom is 0.337 e. The molecule has 0 bridgehead atoms. The van der Waals surface area contributed by atoms with Crippen molar-refractivity contribution in [1.82, 2.24) is 9.99 Å². The minimum Gasteiger partial charge on any atom is -0.478 e. The molecule has 7 nitrogen and oxygen atoms in total. The second-order valence-corrected chi connectivity index (χ2v) is 4.09. The van der Waals surface area contributed by atoms with Crippen LogP contribution in [0.15, 0.2) is 23.6 Å². The Kier molecular flexibility index (Phi) is 3.71. The highest BCUT2D eigenvalue weighted by atomic mass is 16.4. The van der Waals surface area contributed by atoms with Crippen molar-refractivity contribution in [2.75, 3.05) is 31.1 Å². The van der Waals surface area contributed by atoms with Crippen LogP contribution in [0.3, 0.4) is 0 Å². The van der Waals surface area contributed by atoms with Gasteiger partial charge in [0, 0.05) is 25.8 Å². The first kappa shape index (κ1) is 12.3. The van der Waals surface area contributed by atoms with Crippen molar-refractivity contribution in [2.45, 2.75) is 6.42 Å². The first-order chi connectivity index (χ1) is 8.70. The first-order valence-corrected chi connectivity index (χ1v) is 5.73. The monoisotopic (exact) mass is 250 g/mol. The van der Waals surface area contributed by atoms with Crippen LogP contribution in [0.4, 0.5) is 5.82 Å². The molecule has 1 aliphatic heterocycles. The lowest BCUT2D eigenvalue weighted by Crippen LogP contribution is -2.29. The van der Waals surface area contributed by atoms with Crippen molar-refractivity contribution in [3.8, 4) is 0 Å². The van der Waals surface area contributed by atoms with Crippen LogP contribution >= 0.6 is 0 Å². The standard InChI is InChI=1S/C11H14N4O3/c16-11(17)9-2-3-10(12-8-9)14-4-1-5-15(13-18)7-6-14/h2-3,8H,1,4-7H2,(H,16,17). The Morgan fingerprint density at radius 3 is 2.72 bits per heavy atom. The predicted molar refractivity (Wildman–Crippen MR) is 65.4 cm³/mol. The summed E-state index contributed by atoms with van der Waals surface area (Å²) in [4.78, 5) is 27.3. The maximum atomic E-state index is 10.7. The highest BCUT2D eigenvalue weighted by Crippen LogP contribution is 2.14. The number of carboxylic acid groups (broad SMARTS) is 1. The Hall–Kier alpha value is -2.18. The van der Waals surface area contributed by atoms with E-state index in [0.717, 1.165) is 18.8 Å². The van der Waals surface area contributed by atoms with Gasteiger partial charge in [-0.2, -0.15) is 0 Å². The van der Waals surface area contributed by atoms with E-state index in [9.17, 15) is 9.70 Å². The molecule has 2 heterocycles. The van der Waals surface area contributed by atoms with Gasteiger partial charge < -0.3 is 10.0 Å². The zero-order valence-electron chi connectivity index (χ0n) is 9.82. The number of hydrogen-bond acceptors (Lipinski definition) is 5. The molecule has 0 unspecified atom stereocenters. The SMILES string of the molecule is O=NN1CCCN(c2ccc(C(=O)O)cn2)CC1. The van der Waals surface area contributed by atoms with Crippen LogP contribution in [0.25, 0.3) is 0 Å². The number of hydrogen-bond donors (Lipinski definition) is 1. The number of nitrogens with zero attached hydrogens (tertiary/aromatic N) is 4. The van der Waals surface area contributed by atoms with Gasteiger partial charge in [-0.05, 0) is 18.6 Å². The predicted octanol–water partition coefficient (Wildman–Crippen LogP) is 0.973. The summed E-state index contributed by atoms with van der Waals surface area (Å²) in [6.07, 6.45) is 2.17. The first-order valence-electron chi connectivity index (χ1n) is 5.73. The van der Waals surface area contributed by atoms with Crippen LogP contribution in [0.1, 0.15) is 16.8 Å². The topological polar surface area (TPSA) is 86.1 Å². The van der Waals surface area contributed by atoms with Crippen LogP contribution in [-0.2, 0) is 0 Å². The third-order valence-corrected chi connectivity index (χ3v) is 2.91. The third kappa shape index (κ3) is 2.73. The number of nitroso groups, excluding NO2 is 1. The highest BCUT2D eigenvalue weighted by molar-refractivity contribution is 5.87. The molecule has 0 radical (unpaired) electrons. The minimum absolute atomic E-state index is 0.171. The van der Waals surface area contributed by atoms with Crippen molar-refractivity contribution in [3.05, 3.63) is 28.8 Å². The molecule has 0 aromatic carbocycles. The summed E-state index contributed by atoms with van der Waals surface area (Å²) in [6, 6.07) is 3.22. The van der Waals surface area contributed by atoms with E-state index < -0.39 is 5.97 Å². The van der Waals surface area contributed by atoms with Gasteiger partial charge in [-0.15, -0.1) is 4.91 Å². The molecule has 0 saturated carbocycles. The third-order valence-electron chi connectivity index (χ3n) is 2.91. The number of carbonyl (C=O) groups is 1. The van der Waals surface area contributed by atoms with Crippen LogP contribution < -0.4 is 4.90 Å². The summed E-state index contributed by atoms with van der Waals surface area (Å²) < 4.78 is 0. The normalized spacial score (nSPS) is 16.2. The van der Waals surface area contributed by atoms with E-state index in [4.69, 9.17) is 5.11 Å². The number of anilines is 1. The van der Waals surface area contributed by atoms with Crippen molar-refractivity contribution in [2.24, 2.45) is 5.29 Å². The van der Waals surface area contributed by atoms with Crippen LogP contribution in [-0.4, -0.2) is 47.2 Å². The molecular weight excluding hydrogens is 236 g/mol. The second-order valence-electron chi connectivity index (χ2n) is 4.09. The van der Waals surface area contributed by atoms with Gasteiger partial charge in [0.15, 0.2) is 0 Å². The summed E-state index contributed by atoms with van der Waals surface area (Å²) in [7, 11) is 0. The highest BCUT2D eigenvalue weighted by Gasteiger charge is 2.15. The van der Waals surface area contributed by atoms with Gasteiger partial charge >= 0.3 is 5.97 Å². The summed E-state index contributed by atoms with van der Waals surface area (Å²) in [5, 5.41) is 13.2. The molecule has 0 atom stereocenters. The van der Waals surface area contributed by atoms with E-state index >= 15 is 0 Å². The fourth-order valence-corrected chi connectivity index (χ4v) is 1.91. The lowest BCUT2D eigenvalue weighted by molar-refractivity contribution is 0.0696. The lowest BCUT2D eigenvalue weighted by atomic mass is 10.3. The molecule has 1 aromatic heterocycles. The molecule has 1 N–H and O–H groups in total. The van der Waals surface area contributed by atoms with Crippen LogP contribution in [0.5, 0.6) is 0 Å². The van der Waals surface area contributed by atoms with E-state index in [0.29, 0.717) is 19.6 Å². The molecule has 96 valence electrons. The Balaban J connectivity index is 2.06. The van der Waals surface area contributed by atoms with Gasteiger partial charge in [0.1, 0.15) is 5.82 Å². The van der Waals surface area contributed by atoms with Gasteiger partial charge in [-0.1, -0.05) is 0 Å².